The molecule has 0 unspecified atom stereocenters. The fourth-order valence-electron chi connectivity index (χ4n) is 10.4. The van der Waals surface area contributed by atoms with Crippen molar-refractivity contribution in [3.63, 3.8) is 0 Å². The maximum atomic E-state index is 14.2. The number of benzene rings is 3. The molecule has 0 aromatic heterocycles. The van der Waals surface area contributed by atoms with Gasteiger partial charge in [0.15, 0.2) is 0 Å². The van der Waals surface area contributed by atoms with Gasteiger partial charge in [0.1, 0.15) is 29.9 Å². The van der Waals surface area contributed by atoms with Crippen LogP contribution in [0.5, 0.6) is 17.2 Å². The lowest BCUT2D eigenvalue weighted by Gasteiger charge is -2.59. The molecule has 3 aliphatic rings. The van der Waals surface area contributed by atoms with Crippen LogP contribution in [0.2, 0.25) is 0 Å². The Labute approximate surface area is 389 Å². The van der Waals surface area contributed by atoms with Crippen molar-refractivity contribution in [1.82, 2.24) is 4.90 Å². The van der Waals surface area contributed by atoms with Crippen LogP contribution in [0.3, 0.4) is 0 Å². The van der Waals surface area contributed by atoms with Crippen LogP contribution in [0.15, 0.2) is 102 Å². The second-order valence-electron chi connectivity index (χ2n) is 18.1. The van der Waals surface area contributed by atoms with Gasteiger partial charge in [-0.05, 0) is 97.9 Å². The average molecular weight is 893 g/mol. The maximum Gasteiger partial charge on any atom is 0.409 e. The average Bonchev–Trinajstić information content (AvgIpc) is 3.33. The number of rotatable bonds is 28. The monoisotopic (exact) mass is 893 g/mol. The molecular formula is C55H76N2O8. The van der Waals surface area contributed by atoms with Crippen LogP contribution < -0.4 is 9.47 Å². The number of aliphatic hydroxyl groups excluding tert-OH is 2. The highest BCUT2D eigenvalue weighted by Gasteiger charge is 2.65. The highest BCUT2D eigenvalue weighted by atomic mass is 16.7. The van der Waals surface area contributed by atoms with Gasteiger partial charge in [0.05, 0.1) is 24.8 Å². The molecule has 2 N–H and O–H groups in total. The van der Waals surface area contributed by atoms with Gasteiger partial charge in [-0.1, -0.05) is 137 Å². The van der Waals surface area contributed by atoms with Crippen molar-refractivity contribution < 1.29 is 38.8 Å². The molecule has 3 aromatic carbocycles. The summed E-state index contributed by atoms with van der Waals surface area (Å²) in [7, 11) is 1.78. The molecule has 10 nitrogen and oxygen atoms in total. The van der Waals surface area contributed by atoms with E-state index in [1.165, 1.54) is 44.9 Å². The predicted molar refractivity (Wildman–Crippen MR) is 259 cm³/mol. The number of unbranched alkanes of at least 4 members (excludes halogenated alkanes) is 11. The molecule has 1 saturated carbocycles. The number of carbonyl (C=O) groups is 1. The molecule has 0 bridgehead atoms. The Morgan fingerprint density at radius 3 is 2.17 bits per heavy atom. The topological polar surface area (TPSA) is 119 Å². The zero-order valence-electron chi connectivity index (χ0n) is 39.5. The molecule has 2 aliphatic carbocycles. The van der Waals surface area contributed by atoms with E-state index in [1.54, 1.807) is 18.0 Å². The van der Waals surface area contributed by atoms with E-state index in [2.05, 4.69) is 49.9 Å². The molecule has 1 amide bonds. The van der Waals surface area contributed by atoms with Crippen LogP contribution in [0.1, 0.15) is 134 Å². The van der Waals surface area contributed by atoms with Crippen LogP contribution >= 0.6 is 0 Å². The Morgan fingerprint density at radius 1 is 0.831 bits per heavy atom. The number of allylic oxidation sites excluding steroid dienone is 1. The highest BCUT2D eigenvalue weighted by molar-refractivity contribution is 6.03. The first kappa shape index (κ1) is 49.8. The highest BCUT2D eigenvalue weighted by Crippen LogP contribution is 2.62. The number of amides is 1. The van der Waals surface area contributed by atoms with Crippen LogP contribution in [-0.4, -0.2) is 78.8 Å². The quantitative estimate of drug-likeness (QED) is 0.0420. The summed E-state index contributed by atoms with van der Waals surface area (Å²) < 4.78 is 26.9. The predicted octanol–water partition coefficient (Wildman–Crippen LogP) is 12.8. The summed E-state index contributed by atoms with van der Waals surface area (Å²) in [5.41, 5.74) is 5.01. The van der Waals surface area contributed by atoms with Gasteiger partial charge in [-0.15, -0.1) is 6.58 Å². The number of oxime groups is 1. The number of nitrogens with zero attached hydrogens (tertiary/aromatic N) is 2. The summed E-state index contributed by atoms with van der Waals surface area (Å²) in [4.78, 5) is 21.7. The van der Waals surface area contributed by atoms with Gasteiger partial charge in [0.25, 0.3) is 0 Å². The van der Waals surface area contributed by atoms with Gasteiger partial charge >= 0.3 is 6.09 Å². The molecular weight excluding hydrogens is 817 g/mol. The SMILES string of the molecule is C=CCO[C@@]12Oc3ccc(Oc4ccc(-c5ccccc5)cc4)cc3[C@H]3[C@H](CCCCO)[C@@H](CCCCO)C=C(C(=NOCC)C[C@@H]1N(C)C(=O)OCCCCCCCCCCCC)[C@H]32. The fraction of sp³-hybridized carbons (Fsp3) is 0.564. The maximum absolute atomic E-state index is 14.2. The zero-order chi connectivity index (χ0) is 45.9. The molecule has 6 rings (SSSR count). The molecule has 6 atom stereocenters. The number of hydrogen-bond donors (Lipinski definition) is 2. The van der Waals surface area contributed by atoms with Crippen molar-refractivity contribution in [1.29, 1.82) is 0 Å². The van der Waals surface area contributed by atoms with Crippen molar-refractivity contribution in [2.45, 2.75) is 141 Å². The zero-order valence-corrected chi connectivity index (χ0v) is 39.5. The Kier molecular flexibility index (Phi) is 19.8. The van der Waals surface area contributed by atoms with E-state index < -0.39 is 23.8 Å². The number of aliphatic hydroxyl groups is 2. The summed E-state index contributed by atoms with van der Waals surface area (Å²) in [6, 6.07) is 23.8. The molecule has 1 aliphatic heterocycles. The van der Waals surface area contributed by atoms with E-state index in [0.29, 0.717) is 44.0 Å². The first-order valence-corrected chi connectivity index (χ1v) is 24.8. The van der Waals surface area contributed by atoms with Crippen molar-refractivity contribution >= 4 is 11.8 Å². The van der Waals surface area contributed by atoms with Crippen LogP contribution in [0.25, 0.3) is 11.1 Å². The minimum Gasteiger partial charge on any atom is -0.459 e. The van der Waals surface area contributed by atoms with Gasteiger partial charge in [0.2, 0.25) is 5.79 Å². The van der Waals surface area contributed by atoms with Crippen molar-refractivity contribution in [2.75, 3.05) is 40.1 Å². The van der Waals surface area contributed by atoms with Crippen LogP contribution in [0.4, 0.5) is 4.79 Å². The van der Waals surface area contributed by atoms with Crippen molar-refractivity contribution in [3.8, 4) is 28.4 Å². The summed E-state index contributed by atoms with van der Waals surface area (Å²) in [6.07, 6.45) is 20.7. The number of carbonyl (C=O) groups excluding carboxylic acids is 1. The summed E-state index contributed by atoms with van der Waals surface area (Å²) in [6.45, 7) is 9.38. The lowest BCUT2D eigenvalue weighted by Crippen LogP contribution is -2.69. The second kappa shape index (κ2) is 25.9. The minimum absolute atomic E-state index is 0.101. The molecule has 65 heavy (non-hydrogen) atoms. The Hall–Kier alpha value is -4.64. The fourth-order valence-corrected chi connectivity index (χ4v) is 10.4. The number of fused-ring (bicyclic) bond motifs is 2. The molecule has 10 heteroatoms. The van der Waals surface area contributed by atoms with Gasteiger partial charge in [-0.2, -0.15) is 0 Å². The normalized spacial score (nSPS) is 22.6. The Bertz CT molecular complexity index is 1970. The van der Waals surface area contributed by atoms with E-state index in [1.807, 2.05) is 49.4 Å². The van der Waals surface area contributed by atoms with Crippen LogP contribution in [0, 0.1) is 17.8 Å². The third-order valence-corrected chi connectivity index (χ3v) is 13.6. The second-order valence-corrected chi connectivity index (χ2v) is 18.1. The summed E-state index contributed by atoms with van der Waals surface area (Å²) in [5.74, 6) is 0.407. The van der Waals surface area contributed by atoms with Gasteiger partial charge in [-0.3, -0.25) is 0 Å². The van der Waals surface area contributed by atoms with Crippen molar-refractivity contribution in [2.24, 2.45) is 22.9 Å². The largest absolute Gasteiger partial charge is 0.459 e. The lowest BCUT2D eigenvalue weighted by atomic mass is 9.55. The minimum atomic E-state index is -1.34. The number of likely N-dealkylation sites (N-methyl/N-ethyl adjacent to an activating group) is 1. The third-order valence-electron chi connectivity index (χ3n) is 13.6. The van der Waals surface area contributed by atoms with E-state index >= 15 is 0 Å². The number of ether oxygens (including phenoxy) is 4. The first-order chi connectivity index (χ1) is 31.9. The molecule has 1 heterocycles. The van der Waals surface area contributed by atoms with E-state index in [9.17, 15) is 15.0 Å². The lowest BCUT2D eigenvalue weighted by molar-refractivity contribution is -0.253. The van der Waals surface area contributed by atoms with Crippen molar-refractivity contribution in [3.05, 3.63) is 103 Å². The summed E-state index contributed by atoms with van der Waals surface area (Å²) in [5, 5.41) is 24.6. The Balaban J connectivity index is 1.35. The van der Waals surface area contributed by atoms with E-state index in [4.69, 9.17) is 28.9 Å². The van der Waals surface area contributed by atoms with Gasteiger partial charge in [0, 0.05) is 38.2 Å². The van der Waals surface area contributed by atoms with E-state index in [-0.39, 0.29) is 37.6 Å². The molecule has 354 valence electrons. The molecule has 0 spiro atoms. The smallest absolute Gasteiger partial charge is 0.409 e. The number of hydrogen-bond acceptors (Lipinski definition) is 9. The Morgan fingerprint density at radius 2 is 1.49 bits per heavy atom. The summed E-state index contributed by atoms with van der Waals surface area (Å²) >= 11 is 0. The molecule has 3 aromatic rings. The molecule has 0 saturated heterocycles. The van der Waals surface area contributed by atoms with E-state index in [0.717, 1.165) is 78.7 Å². The van der Waals surface area contributed by atoms with Crippen LogP contribution in [-0.2, 0) is 14.3 Å². The molecule has 0 radical (unpaired) electrons. The standard InChI is InChI=1S/C55H76N2O8/c1-5-8-9-10-11-12-13-14-15-23-37-61-54(60)57(4)51-40-49(56-63-7-3)47-38-43(26-19-21-34-58)46(27-20-22-35-59)52-48-39-45(32-33-50(48)65-55(51,53(47)52)62-36-6-2)64-44-30-28-42(29-31-44)41-24-17-16-18-25-41/h6,16-18,24-25,28-33,38-39,43,46,51-53,58-59H,2,5,7-15,19-23,26-27,34-37,40H2,1,3-4H3/t43-,46+,51-,52+,53+,55+/m0/s1. The van der Waals surface area contributed by atoms with Gasteiger partial charge in [-0.25, -0.2) is 4.79 Å². The molecule has 1 fully saturated rings. The first-order valence-electron chi connectivity index (χ1n) is 24.8. The third kappa shape index (κ3) is 12.8. The van der Waals surface area contributed by atoms with Gasteiger partial charge < -0.3 is 38.9 Å².